The van der Waals surface area contributed by atoms with E-state index in [2.05, 4.69) is 20.2 Å². The molecule has 3 heterocycles. The molecule has 0 spiro atoms. The quantitative estimate of drug-likeness (QED) is 0.704. The van der Waals surface area contributed by atoms with Crippen LogP contribution in [0.4, 0.5) is 0 Å². The van der Waals surface area contributed by atoms with Crippen LogP contribution < -0.4 is 0 Å². The van der Waals surface area contributed by atoms with Crippen molar-refractivity contribution in [2.24, 2.45) is 0 Å². The van der Waals surface area contributed by atoms with Crippen molar-refractivity contribution in [3.8, 4) is 0 Å². The fourth-order valence-electron chi connectivity index (χ4n) is 2.11. The first-order chi connectivity index (χ1) is 9.15. The number of fused-ring (bicyclic) bond motifs is 1. The Kier molecular flexibility index (Phi) is 2.67. The Morgan fingerprint density at radius 3 is 2.95 bits per heavy atom. The number of rotatable bonds is 3. The van der Waals surface area contributed by atoms with Gasteiger partial charge in [-0.3, -0.25) is 9.89 Å². The van der Waals surface area contributed by atoms with Crippen LogP contribution in [0, 0.1) is 13.8 Å². The zero-order valence-corrected chi connectivity index (χ0v) is 10.8. The van der Waals surface area contributed by atoms with Crippen LogP contribution in [0.25, 0.3) is 11.0 Å². The summed E-state index contributed by atoms with van der Waals surface area (Å²) in [4.78, 5) is 19.5. The van der Waals surface area contributed by atoms with Gasteiger partial charge in [-0.25, -0.2) is 4.98 Å². The van der Waals surface area contributed by atoms with E-state index in [-0.39, 0.29) is 5.78 Å². The zero-order valence-electron chi connectivity index (χ0n) is 10.8. The molecule has 0 bridgehead atoms. The predicted molar refractivity (Wildman–Crippen MR) is 72.2 cm³/mol. The second kappa shape index (κ2) is 4.35. The van der Waals surface area contributed by atoms with Crippen LogP contribution in [-0.4, -0.2) is 25.9 Å². The summed E-state index contributed by atoms with van der Waals surface area (Å²) in [5.74, 6) is 0.0125. The molecule has 0 unspecified atom stereocenters. The molecule has 0 aliphatic heterocycles. The summed E-state index contributed by atoms with van der Waals surface area (Å²) in [7, 11) is 0. The Balaban J connectivity index is 1.88. The third-order valence-electron chi connectivity index (χ3n) is 3.34. The third-order valence-corrected chi connectivity index (χ3v) is 3.34. The number of carbonyl (C=O) groups excluding carboxylic acids is 1. The van der Waals surface area contributed by atoms with Crippen LogP contribution in [0.2, 0.25) is 0 Å². The Bertz CT molecular complexity index is 754. The maximum atomic E-state index is 12.2. The summed E-state index contributed by atoms with van der Waals surface area (Å²) in [6.45, 7) is 3.81. The monoisotopic (exact) mass is 254 g/mol. The molecule has 0 radical (unpaired) electrons. The summed E-state index contributed by atoms with van der Waals surface area (Å²) in [6, 6.07) is 3.92. The molecule has 0 amide bonds. The number of nitrogens with one attached hydrogen (secondary N) is 2. The number of hydrogen-bond donors (Lipinski definition) is 2. The van der Waals surface area contributed by atoms with Gasteiger partial charge in [-0.1, -0.05) is 0 Å². The average Bonchev–Trinajstić information content (AvgIpc) is 2.97. The molecule has 19 heavy (non-hydrogen) atoms. The molecule has 0 atom stereocenters. The van der Waals surface area contributed by atoms with E-state index in [9.17, 15) is 4.79 Å². The molecule has 3 rings (SSSR count). The van der Waals surface area contributed by atoms with Crippen LogP contribution in [-0.2, 0) is 6.42 Å². The van der Waals surface area contributed by atoms with Crippen molar-refractivity contribution in [3.63, 3.8) is 0 Å². The van der Waals surface area contributed by atoms with Crippen LogP contribution in [0.15, 0.2) is 24.5 Å². The van der Waals surface area contributed by atoms with E-state index >= 15 is 0 Å². The van der Waals surface area contributed by atoms with E-state index in [0.29, 0.717) is 12.1 Å². The number of aromatic amines is 2. The SMILES string of the molecule is Cc1[nH]nc(C(=O)Cc2cnc3[nH]ccc3c2)c1C. The van der Waals surface area contributed by atoms with Gasteiger partial charge in [0.15, 0.2) is 5.78 Å². The van der Waals surface area contributed by atoms with Crippen molar-refractivity contribution in [2.75, 3.05) is 0 Å². The Hall–Kier alpha value is -2.43. The van der Waals surface area contributed by atoms with Gasteiger partial charge in [-0.15, -0.1) is 0 Å². The van der Waals surface area contributed by atoms with E-state index in [4.69, 9.17) is 0 Å². The average molecular weight is 254 g/mol. The molecule has 0 aliphatic rings. The van der Waals surface area contributed by atoms with Gasteiger partial charge in [0.25, 0.3) is 0 Å². The van der Waals surface area contributed by atoms with Crippen molar-refractivity contribution >= 4 is 16.8 Å². The predicted octanol–water partition coefficient (Wildman–Crippen LogP) is 2.33. The molecule has 0 saturated carbocycles. The lowest BCUT2D eigenvalue weighted by atomic mass is 10.1. The number of Topliss-reactive ketones (excluding diaryl/α,β-unsaturated/α-hetero) is 1. The van der Waals surface area contributed by atoms with Gasteiger partial charge in [0.2, 0.25) is 0 Å². The topological polar surface area (TPSA) is 74.4 Å². The van der Waals surface area contributed by atoms with E-state index in [1.54, 1.807) is 6.20 Å². The number of carbonyl (C=O) groups is 1. The number of aryl methyl sites for hydroxylation is 1. The van der Waals surface area contributed by atoms with Gasteiger partial charge < -0.3 is 4.98 Å². The van der Waals surface area contributed by atoms with Gasteiger partial charge in [-0.05, 0) is 31.5 Å². The standard InChI is InChI=1S/C14H14N4O/c1-8-9(2)17-18-13(8)12(19)6-10-5-11-3-4-15-14(11)16-7-10/h3-5,7H,6H2,1-2H3,(H,15,16)(H,17,18). The van der Waals surface area contributed by atoms with Crippen molar-refractivity contribution in [1.29, 1.82) is 0 Å². The first-order valence-electron chi connectivity index (χ1n) is 6.12. The van der Waals surface area contributed by atoms with Gasteiger partial charge >= 0.3 is 0 Å². The fourth-order valence-corrected chi connectivity index (χ4v) is 2.11. The van der Waals surface area contributed by atoms with Crippen LogP contribution in [0.1, 0.15) is 27.3 Å². The van der Waals surface area contributed by atoms with Gasteiger partial charge in [0.05, 0.1) is 0 Å². The number of pyridine rings is 1. The van der Waals surface area contributed by atoms with Crippen molar-refractivity contribution < 1.29 is 4.79 Å². The molecule has 3 aromatic rings. The molecule has 3 aromatic heterocycles. The maximum absolute atomic E-state index is 12.2. The summed E-state index contributed by atoms with van der Waals surface area (Å²) >= 11 is 0. The smallest absolute Gasteiger partial charge is 0.187 e. The number of aromatic nitrogens is 4. The third kappa shape index (κ3) is 2.03. The molecular weight excluding hydrogens is 240 g/mol. The van der Waals surface area contributed by atoms with Gasteiger partial charge in [-0.2, -0.15) is 5.10 Å². The first kappa shape index (κ1) is 11.6. The maximum Gasteiger partial charge on any atom is 0.187 e. The molecule has 0 saturated heterocycles. The summed E-state index contributed by atoms with van der Waals surface area (Å²) in [6.07, 6.45) is 3.88. The highest BCUT2D eigenvalue weighted by atomic mass is 16.1. The van der Waals surface area contributed by atoms with Crippen LogP contribution in [0.5, 0.6) is 0 Å². The van der Waals surface area contributed by atoms with Crippen LogP contribution in [0.3, 0.4) is 0 Å². The van der Waals surface area contributed by atoms with E-state index in [1.165, 1.54) is 0 Å². The van der Waals surface area contributed by atoms with Gasteiger partial charge in [0, 0.05) is 35.5 Å². The minimum atomic E-state index is 0.0125. The molecule has 96 valence electrons. The number of hydrogen-bond acceptors (Lipinski definition) is 3. The second-order valence-corrected chi connectivity index (χ2v) is 4.68. The number of nitrogens with zero attached hydrogens (tertiary/aromatic N) is 2. The van der Waals surface area contributed by atoms with Gasteiger partial charge in [0.1, 0.15) is 11.3 Å². The molecule has 0 aromatic carbocycles. The second-order valence-electron chi connectivity index (χ2n) is 4.68. The Morgan fingerprint density at radius 1 is 1.37 bits per heavy atom. The van der Waals surface area contributed by atoms with E-state index in [1.807, 2.05) is 32.2 Å². The normalized spacial score (nSPS) is 11.1. The molecule has 2 N–H and O–H groups in total. The summed E-state index contributed by atoms with van der Waals surface area (Å²) in [5.41, 5.74) is 4.11. The molecular formula is C14H14N4O. The highest BCUT2D eigenvalue weighted by Gasteiger charge is 2.15. The number of ketones is 1. The molecule has 0 aliphatic carbocycles. The highest BCUT2D eigenvalue weighted by molar-refractivity contribution is 5.97. The Labute approximate surface area is 110 Å². The van der Waals surface area contributed by atoms with Crippen molar-refractivity contribution in [3.05, 3.63) is 47.0 Å². The largest absolute Gasteiger partial charge is 0.346 e. The van der Waals surface area contributed by atoms with Crippen molar-refractivity contribution in [1.82, 2.24) is 20.2 Å². The molecule has 5 heteroatoms. The highest BCUT2D eigenvalue weighted by Crippen LogP contribution is 2.15. The first-order valence-corrected chi connectivity index (χ1v) is 6.12. The van der Waals surface area contributed by atoms with Crippen LogP contribution >= 0.6 is 0 Å². The minimum absolute atomic E-state index is 0.0125. The summed E-state index contributed by atoms with van der Waals surface area (Å²) in [5, 5.41) is 7.91. The lowest BCUT2D eigenvalue weighted by Crippen LogP contribution is -2.06. The van der Waals surface area contributed by atoms with E-state index in [0.717, 1.165) is 27.9 Å². The fraction of sp³-hybridized carbons (Fsp3) is 0.214. The minimum Gasteiger partial charge on any atom is -0.346 e. The lowest BCUT2D eigenvalue weighted by Gasteiger charge is -2.00. The lowest BCUT2D eigenvalue weighted by molar-refractivity contribution is 0.0987. The molecule has 0 fully saturated rings. The van der Waals surface area contributed by atoms with Crippen molar-refractivity contribution in [2.45, 2.75) is 20.3 Å². The summed E-state index contributed by atoms with van der Waals surface area (Å²) < 4.78 is 0. The molecule has 5 nitrogen and oxygen atoms in total. The zero-order chi connectivity index (χ0) is 13.4. The Morgan fingerprint density at radius 2 is 2.21 bits per heavy atom. The number of H-pyrrole nitrogens is 2. The van der Waals surface area contributed by atoms with E-state index < -0.39 is 0 Å².